The van der Waals surface area contributed by atoms with Crippen LogP contribution in [0.4, 0.5) is 4.39 Å². The molecule has 0 saturated carbocycles. The molecular formula is C15H20FNO3. The predicted octanol–water partition coefficient (Wildman–Crippen LogP) is 2.45. The minimum absolute atomic E-state index is 0.00183. The van der Waals surface area contributed by atoms with Gasteiger partial charge in [-0.2, -0.15) is 0 Å². The quantitative estimate of drug-likeness (QED) is 0.843. The lowest BCUT2D eigenvalue weighted by Gasteiger charge is -2.17. The summed E-state index contributed by atoms with van der Waals surface area (Å²) in [4.78, 5) is 23.2. The zero-order chi connectivity index (χ0) is 15.3. The van der Waals surface area contributed by atoms with E-state index in [4.69, 9.17) is 4.74 Å². The Balaban J connectivity index is 2.51. The van der Waals surface area contributed by atoms with Gasteiger partial charge in [0.1, 0.15) is 5.82 Å². The number of esters is 1. The van der Waals surface area contributed by atoms with Crippen molar-refractivity contribution >= 4 is 11.9 Å². The topological polar surface area (TPSA) is 55.4 Å². The number of carbonyl (C=O) groups is 2. The van der Waals surface area contributed by atoms with Crippen LogP contribution in [0.3, 0.4) is 0 Å². The maximum Gasteiger partial charge on any atom is 0.338 e. The van der Waals surface area contributed by atoms with Crippen LogP contribution in [0.25, 0.3) is 0 Å². The first kappa shape index (κ1) is 16.1. The second kappa shape index (κ2) is 7.03. The predicted molar refractivity (Wildman–Crippen MR) is 73.9 cm³/mol. The van der Waals surface area contributed by atoms with Crippen LogP contribution in [0.1, 0.15) is 36.7 Å². The first-order valence-electron chi connectivity index (χ1n) is 6.54. The van der Waals surface area contributed by atoms with Crippen LogP contribution in [0, 0.1) is 18.7 Å². The lowest BCUT2D eigenvalue weighted by molar-refractivity contribution is -0.125. The highest BCUT2D eigenvalue weighted by atomic mass is 19.1. The molecule has 5 heteroatoms. The monoisotopic (exact) mass is 281 g/mol. The molecule has 1 amide bonds. The van der Waals surface area contributed by atoms with Gasteiger partial charge in [-0.1, -0.05) is 19.9 Å². The third kappa shape index (κ3) is 4.64. The fourth-order valence-electron chi connectivity index (χ4n) is 1.40. The molecule has 0 aliphatic rings. The standard InChI is InChI=1S/C15H20FNO3/c1-9(2)11(4)17-14(18)8-20-15(19)12-6-5-10(3)13(16)7-12/h5-7,9,11H,8H2,1-4H3,(H,17,18)/t11-/m0/s1. The molecule has 0 saturated heterocycles. The smallest absolute Gasteiger partial charge is 0.338 e. The van der Waals surface area contributed by atoms with Crippen LogP contribution < -0.4 is 5.32 Å². The van der Waals surface area contributed by atoms with Gasteiger partial charge in [0.25, 0.3) is 5.91 Å². The Hall–Kier alpha value is -1.91. The maximum absolute atomic E-state index is 13.3. The highest BCUT2D eigenvalue weighted by molar-refractivity contribution is 5.91. The number of nitrogens with one attached hydrogen (secondary N) is 1. The molecule has 20 heavy (non-hydrogen) atoms. The van der Waals surface area contributed by atoms with Crippen molar-refractivity contribution in [1.82, 2.24) is 5.32 Å². The largest absolute Gasteiger partial charge is 0.452 e. The molecule has 4 nitrogen and oxygen atoms in total. The number of rotatable bonds is 5. The van der Waals surface area contributed by atoms with Gasteiger partial charge in [0, 0.05) is 6.04 Å². The molecule has 0 spiro atoms. The Labute approximate surface area is 118 Å². The second-order valence-electron chi connectivity index (χ2n) is 5.14. The molecule has 1 N–H and O–H groups in total. The molecule has 0 aliphatic heterocycles. The van der Waals surface area contributed by atoms with Crippen LogP contribution in [0.2, 0.25) is 0 Å². The Bertz CT molecular complexity index is 500. The first-order chi connectivity index (χ1) is 9.31. The van der Waals surface area contributed by atoms with Crippen molar-refractivity contribution < 1.29 is 18.7 Å². The SMILES string of the molecule is Cc1ccc(C(=O)OCC(=O)N[C@@H](C)C(C)C)cc1F. The maximum atomic E-state index is 13.3. The molecule has 0 radical (unpaired) electrons. The van der Waals surface area contributed by atoms with E-state index in [-0.39, 0.29) is 24.1 Å². The summed E-state index contributed by atoms with van der Waals surface area (Å²) in [7, 11) is 0. The fourth-order valence-corrected chi connectivity index (χ4v) is 1.40. The number of amides is 1. The van der Waals surface area contributed by atoms with Crippen molar-refractivity contribution in [2.75, 3.05) is 6.61 Å². The summed E-state index contributed by atoms with van der Waals surface area (Å²) in [6, 6.07) is 4.06. The number of benzene rings is 1. The van der Waals surface area contributed by atoms with E-state index >= 15 is 0 Å². The highest BCUT2D eigenvalue weighted by Gasteiger charge is 2.14. The second-order valence-corrected chi connectivity index (χ2v) is 5.14. The summed E-state index contributed by atoms with van der Waals surface area (Å²) < 4.78 is 18.2. The molecule has 0 bridgehead atoms. The van der Waals surface area contributed by atoms with Crippen LogP contribution in [0.5, 0.6) is 0 Å². The Morgan fingerprint density at radius 3 is 2.50 bits per heavy atom. The van der Waals surface area contributed by atoms with Crippen molar-refractivity contribution in [3.8, 4) is 0 Å². The molecule has 0 heterocycles. The molecule has 1 atom stereocenters. The highest BCUT2D eigenvalue weighted by Crippen LogP contribution is 2.10. The molecule has 0 aromatic heterocycles. The summed E-state index contributed by atoms with van der Waals surface area (Å²) in [5, 5.41) is 2.72. The number of hydrogen-bond acceptors (Lipinski definition) is 3. The fraction of sp³-hybridized carbons (Fsp3) is 0.467. The van der Waals surface area contributed by atoms with Gasteiger partial charge in [-0.05, 0) is 37.5 Å². The number of hydrogen-bond donors (Lipinski definition) is 1. The third-order valence-corrected chi connectivity index (χ3v) is 3.13. The molecular weight excluding hydrogens is 261 g/mol. The van der Waals surface area contributed by atoms with Crippen molar-refractivity contribution in [3.63, 3.8) is 0 Å². The Morgan fingerprint density at radius 2 is 1.95 bits per heavy atom. The molecule has 0 fully saturated rings. The molecule has 1 aromatic rings. The van der Waals surface area contributed by atoms with Crippen LogP contribution in [-0.2, 0) is 9.53 Å². The van der Waals surface area contributed by atoms with Crippen molar-refractivity contribution in [1.29, 1.82) is 0 Å². The minimum atomic E-state index is -0.712. The number of halogens is 1. The summed E-state index contributed by atoms with van der Waals surface area (Å²) in [5.74, 6) is -1.26. The van der Waals surface area contributed by atoms with Crippen molar-refractivity contribution in [3.05, 3.63) is 35.1 Å². The molecule has 1 rings (SSSR count). The number of ether oxygens (including phenoxy) is 1. The first-order valence-corrected chi connectivity index (χ1v) is 6.54. The van der Waals surface area contributed by atoms with Gasteiger partial charge in [0.15, 0.2) is 6.61 Å². The van der Waals surface area contributed by atoms with E-state index in [1.807, 2.05) is 20.8 Å². The average Bonchev–Trinajstić information content (AvgIpc) is 2.39. The van der Waals surface area contributed by atoms with E-state index in [1.165, 1.54) is 12.1 Å². The average molecular weight is 281 g/mol. The van der Waals surface area contributed by atoms with Gasteiger partial charge in [-0.3, -0.25) is 4.79 Å². The van der Waals surface area contributed by atoms with Gasteiger partial charge in [-0.25, -0.2) is 9.18 Å². The van der Waals surface area contributed by atoms with Crippen molar-refractivity contribution in [2.45, 2.75) is 33.7 Å². The molecule has 1 aromatic carbocycles. The van der Waals surface area contributed by atoms with E-state index in [2.05, 4.69) is 5.32 Å². The van der Waals surface area contributed by atoms with Crippen LogP contribution in [0.15, 0.2) is 18.2 Å². The lowest BCUT2D eigenvalue weighted by Crippen LogP contribution is -2.38. The van der Waals surface area contributed by atoms with Gasteiger partial charge in [0.05, 0.1) is 5.56 Å². The molecule has 0 aliphatic carbocycles. The van der Waals surface area contributed by atoms with E-state index < -0.39 is 11.8 Å². The molecule has 0 unspecified atom stereocenters. The lowest BCUT2D eigenvalue weighted by atomic mass is 10.1. The van der Waals surface area contributed by atoms with Crippen LogP contribution in [-0.4, -0.2) is 24.5 Å². The zero-order valence-corrected chi connectivity index (χ0v) is 12.2. The summed E-state index contributed by atoms with van der Waals surface area (Å²) in [6.45, 7) is 7.06. The third-order valence-electron chi connectivity index (χ3n) is 3.13. The van der Waals surface area contributed by atoms with Gasteiger partial charge < -0.3 is 10.1 Å². The molecule has 110 valence electrons. The van der Waals surface area contributed by atoms with E-state index in [1.54, 1.807) is 6.92 Å². The van der Waals surface area contributed by atoms with E-state index in [0.29, 0.717) is 11.5 Å². The number of carbonyl (C=O) groups excluding carboxylic acids is 2. The van der Waals surface area contributed by atoms with Crippen LogP contribution >= 0.6 is 0 Å². The van der Waals surface area contributed by atoms with Gasteiger partial charge in [-0.15, -0.1) is 0 Å². The normalized spacial score (nSPS) is 12.1. The summed E-state index contributed by atoms with van der Waals surface area (Å²) >= 11 is 0. The van der Waals surface area contributed by atoms with Gasteiger partial charge >= 0.3 is 5.97 Å². The summed E-state index contributed by atoms with van der Waals surface area (Å²) in [5.41, 5.74) is 0.544. The van der Waals surface area contributed by atoms with E-state index in [9.17, 15) is 14.0 Å². The zero-order valence-electron chi connectivity index (χ0n) is 12.2. The van der Waals surface area contributed by atoms with Gasteiger partial charge in [0.2, 0.25) is 0 Å². The summed E-state index contributed by atoms with van der Waals surface area (Å²) in [6.07, 6.45) is 0. The number of aryl methyl sites for hydroxylation is 1. The van der Waals surface area contributed by atoms with Crippen molar-refractivity contribution in [2.24, 2.45) is 5.92 Å². The Kier molecular flexibility index (Phi) is 5.67. The van der Waals surface area contributed by atoms with E-state index in [0.717, 1.165) is 6.07 Å². The Morgan fingerprint density at radius 1 is 1.30 bits per heavy atom. The minimum Gasteiger partial charge on any atom is -0.452 e.